The minimum Gasteiger partial charge on any atom is -0.382 e. The van der Waals surface area contributed by atoms with Gasteiger partial charge in [-0.15, -0.1) is 0 Å². The molecule has 0 aliphatic heterocycles. The molecule has 4 rings (SSSR count). The molecule has 1 atom stereocenters. The molecule has 0 saturated heterocycles. The summed E-state index contributed by atoms with van der Waals surface area (Å²) in [6, 6.07) is 0.872. The molecule has 0 aliphatic carbocycles. The van der Waals surface area contributed by atoms with Crippen molar-refractivity contribution in [3.05, 3.63) is 74.3 Å². The Morgan fingerprint density at radius 3 is 2.38 bits per heavy atom. The lowest BCUT2D eigenvalue weighted by atomic mass is 10.0. The monoisotopic (exact) mass is 655 g/mol. The number of ether oxygens (including phenoxy) is 1. The Balaban J connectivity index is 1.58. The van der Waals surface area contributed by atoms with Gasteiger partial charge in [-0.05, 0) is 30.4 Å². The highest BCUT2D eigenvalue weighted by Crippen LogP contribution is 2.34. The first kappa shape index (κ1) is 33.1. The Bertz CT molecular complexity index is 1820. The number of halogens is 10. The second kappa shape index (κ2) is 12.7. The van der Waals surface area contributed by atoms with Crippen molar-refractivity contribution in [3.63, 3.8) is 0 Å². The van der Waals surface area contributed by atoms with E-state index in [-0.39, 0.29) is 24.8 Å². The maximum absolute atomic E-state index is 15.1. The third kappa shape index (κ3) is 7.32. The van der Waals surface area contributed by atoms with Gasteiger partial charge >= 0.3 is 19.0 Å². The molecule has 10 nitrogen and oxygen atoms in total. The van der Waals surface area contributed by atoms with Gasteiger partial charge in [0.05, 0.1) is 35.8 Å². The lowest BCUT2D eigenvalue weighted by Gasteiger charge is -2.22. The van der Waals surface area contributed by atoms with Crippen molar-refractivity contribution < 1.29 is 48.6 Å². The van der Waals surface area contributed by atoms with Crippen LogP contribution >= 0.6 is 0 Å². The molecule has 0 bridgehead atoms. The summed E-state index contributed by atoms with van der Waals surface area (Å²) in [7, 11) is 0. The second-order valence-electron chi connectivity index (χ2n) is 9.38. The first-order valence-electron chi connectivity index (χ1n) is 12.5. The largest absolute Gasteiger partial charge is 0.437 e. The number of aromatic nitrogens is 5. The maximum atomic E-state index is 15.1. The summed E-state index contributed by atoms with van der Waals surface area (Å²) in [5.74, 6) is -4.38. The van der Waals surface area contributed by atoms with E-state index in [1.165, 1.54) is 6.07 Å². The van der Waals surface area contributed by atoms with Crippen LogP contribution in [0, 0.1) is 11.6 Å². The first-order chi connectivity index (χ1) is 21.0. The summed E-state index contributed by atoms with van der Waals surface area (Å²) < 4.78 is 140. The normalized spacial score (nSPS) is 13.0. The zero-order chi connectivity index (χ0) is 33.3. The zero-order valence-electron chi connectivity index (χ0n) is 22.2. The fourth-order valence-electron chi connectivity index (χ4n) is 4.39. The Morgan fingerprint density at radius 1 is 1.04 bits per heavy atom. The van der Waals surface area contributed by atoms with Crippen LogP contribution in [0.3, 0.4) is 0 Å². The molecule has 0 unspecified atom stereocenters. The number of rotatable bonds is 10. The van der Waals surface area contributed by atoms with E-state index in [4.69, 9.17) is 5.73 Å². The SMILES string of the molecule is Nc1nc(-c2cc3ccn(CCC[C@H](COC(F)F)Nc4cn[nH]c(=O)c4C(F)(F)F)c(=O)c3c(F)c2F)cnc1C(F)(F)F. The highest BCUT2D eigenvalue weighted by molar-refractivity contribution is 5.87. The second-order valence-corrected chi connectivity index (χ2v) is 9.38. The zero-order valence-corrected chi connectivity index (χ0v) is 22.2. The van der Waals surface area contributed by atoms with Crippen LogP contribution in [0.2, 0.25) is 0 Å². The van der Waals surface area contributed by atoms with Crippen LogP contribution in [0.4, 0.5) is 55.4 Å². The number of aryl methyl sites for hydroxylation is 1. The van der Waals surface area contributed by atoms with Gasteiger partial charge in [0.2, 0.25) is 0 Å². The number of aromatic amines is 1. The number of nitrogens with zero attached hydrogens (tertiary/aromatic N) is 4. The Labute approximate surface area is 243 Å². The third-order valence-electron chi connectivity index (χ3n) is 6.36. The number of nitrogen functional groups attached to an aromatic ring is 1. The van der Waals surface area contributed by atoms with Crippen molar-refractivity contribution in [2.45, 2.75) is 44.4 Å². The summed E-state index contributed by atoms with van der Waals surface area (Å²) in [4.78, 5) is 31.3. The molecule has 3 heterocycles. The Hall–Kier alpha value is -4.75. The smallest absolute Gasteiger partial charge is 0.382 e. The molecule has 20 heteroatoms. The quantitative estimate of drug-likeness (QED) is 0.204. The minimum absolute atomic E-state index is 0.101. The molecule has 0 fully saturated rings. The Morgan fingerprint density at radius 2 is 1.76 bits per heavy atom. The number of nitrogens with two attached hydrogens (primary N) is 1. The maximum Gasteiger partial charge on any atom is 0.437 e. The van der Waals surface area contributed by atoms with E-state index in [1.54, 1.807) is 5.10 Å². The standard InChI is InChI=1S/C25H19F10N7O3/c26-17-12(13-7-37-19(20(36)40-13)25(33,34)35)6-10-3-5-42(22(44)15(10)18(17)27)4-1-2-11(9-45-23(28)29)39-14-8-38-41-21(43)16(14)24(30,31)32/h3,5-8,11,23H,1-2,4,9H2,(H2,36,40)(H2,39,41,43)/t11-/m1/s1. The summed E-state index contributed by atoms with van der Waals surface area (Å²) in [5, 5.41) is 6.28. The molecule has 242 valence electrons. The van der Waals surface area contributed by atoms with E-state index < -0.39 is 93.8 Å². The highest BCUT2D eigenvalue weighted by atomic mass is 19.4. The van der Waals surface area contributed by atoms with Gasteiger partial charge in [0.1, 0.15) is 5.56 Å². The van der Waals surface area contributed by atoms with E-state index in [1.807, 2.05) is 0 Å². The molecule has 4 aromatic rings. The molecule has 4 N–H and O–H groups in total. The number of anilines is 2. The average molecular weight is 655 g/mol. The van der Waals surface area contributed by atoms with Crippen molar-refractivity contribution in [1.29, 1.82) is 0 Å². The molecule has 0 spiro atoms. The van der Waals surface area contributed by atoms with E-state index in [9.17, 15) is 44.7 Å². The summed E-state index contributed by atoms with van der Waals surface area (Å²) >= 11 is 0. The van der Waals surface area contributed by atoms with Crippen LogP contribution in [0.5, 0.6) is 0 Å². The molecular formula is C25H19F10N7O3. The molecular weight excluding hydrogens is 636 g/mol. The molecule has 0 saturated carbocycles. The highest BCUT2D eigenvalue weighted by Gasteiger charge is 2.38. The number of benzene rings is 1. The molecule has 0 aliphatic rings. The van der Waals surface area contributed by atoms with Crippen LogP contribution < -0.4 is 22.2 Å². The number of alkyl halides is 8. The van der Waals surface area contributed by atoms with Gasteiger partial charge in [-0.3, -0.25) is 9.59 Å². The lowest BCUT2D eigenvalue weighted by Crippen LogP contribution is -2.32. The van der Waals surface area contributed by atoms with Gasteiger partial charge in [-0.2, -0.15) is 40.2 Å². The molecule has 0 radical (unpaired) electrons. The van der Waals surface area contributed by atoms with Crippen molar-refractivity contribution >= 4 is 22.3 Å². The van der Waals surface area contributed by atoms with Crippen molar-refractivity contribution in [2.75, 3.05) is 17.7 Å². The van der Waals surface area contributed by atoms with Gasteiger partial charge in [0.25, 0.3) is 11.1 Å². The molecule has 1 aromatic carbocycles. The van der Waals surface area contributed by atoms with Crippen molar-refractivity contribution in [1.82, 2.24) is 24.7 Å². The number of hydrogen-bond donors (Lipinski definition) is 3. The summed E-state index contributed by atoms with van der Waals surface area (Å²) in [5.41, 5.74) is -2.55. The summed E-state index contributed by atoms with van der Waals surface area (Å²) in [6.45, 7) is -4.37. The van der Waals surface area contributed by atoms with Crippen LogP contribution in [0.15, 0.2) is 40.3 Å². The number of fused-ring (bicyclic) bond motifs is 1. The topological polar surface area (TPSA) is 141 Å². The van der Waals surface area contributed by atoms with Crippen LogP contribution in [0.1, 0.15) is 24.1 Å². The van der Waals surface area contributed by atoms with E-state index in [2.05, 4.69) is 25.1 Å². The third-order valence-corrected chi connectivity index (χ3v) is 6.36. The predicted octanol–water partition coefficient (Wildman–Crippen LogP) is 4.94. The average Bonchev–Trinajstić information content (AvgIpc) is 2.93. The first-order valence-corrected chi connectivity index (χ1v) is 12.5. The van der Waals surface area contributed by atoms with Gasteiger partial charge in [0.15, 0.2) is 23.1 Å². The van der Waals surface area contributed by atoms with E-state index in [0.717, 1.165) is 16.8 Å². The van der Waals surface area contributed by atoms with E-state index >= 15 is 8.78 Å². The van der Waals surface area contributed by atoms with Gasteiger partial charge in [-0.1, -0.05) is 0 Å². The fourth-order valence-corrected chi connectivity index (χ4v) is 4.39. The molecule has 3 aromatic heterocycles. The molecule has 45 heavy (non-hydrogen) atoms. The number of hydrogen-bond acceptors (Lipinski definition) is 8. The number of H-pyrrole nitrogens is 1. The van der Waals surface area contributed by atoms with Crippen LogP contribution in [-0.2, 0) is 23.6 Å². The van der Waals surface area contributed by atoms with Crippen LogP contribution in [0.25, 0.3) is 22.0 Å². The predicted molar refractivity (Wildman–Crippen MR) is 137 cm³/mol. The van der Waals surface area contributed by atoms with Gasteiger partial charge in [-0.25, -0.2) is 23.8 Å². The van der Waals surface area contributed by atoms with Gasteiger partial charge < -0.3 is 20.4 Å². The van der Waals surface area contributed by atoms with E-state index in [0.29, 0.717) is 12.4 Å². The lowest BCUT2D eigenvalue weighted by molar-refractivity contribution is -0.140. The van der Waals surface area contributed by atoms with Gasteiger partial charge in [0, 0.05) is 24.3 Å². The van der Waals surface area contributed by atoms with Crippen molar-refractivity contribution in [2.24, 2.45) is 0 Å². The number of nitrogens with one attached hydrogen (secondary N) is 2. The number of pyridine rings is 1. The fraction of sp³-hybridized carbons (Fsp3) is 0.320. The molecule has 0 amide bonds. The van der Waals surface area contributed by atoms with Crippen molar-refractivity contribution in [3.8, 4) is 11.3 Å². The van der Waals surface area contributed by atoms with Crippen LogP contribution in [-0.4, -0.2) is 44.0 Å². The summed E-state index contributed by atoms with van der Waals surface area (Å²) in [6.07, 6.45) is -8.09. The Kier molecular flexibility index (Phi) is 9.35. The minimum atomic E-state index is -5.13.